The van der Waals surface area contributed by atoms with E-state index >= 15 is 0 Å². The van der Waals surface area contributed by atoms with Crippen LogP contribution in [0.25, 0.3) is 0 Å². The molecule has 0 aliphatic carbocycles. The Bertz CT molecular complexity index is 850. The maximum Gasteiger partial charge on any atom is 0.335 e. The molecular formula is C16H16N2O6S. The number of sulfonamides is 1. The van der Waals surface area contributed by atoms with E-state index in [1.807, 2.05) is 0 Å². The maximum atomic E-state index is 12.8. The first kappa shape index (κ1) is 18.6. The predicted molar refractivity (Wildman–Crippen MR) is 87.4 cm³/mol. The summed E-state index contributed by atoms with van der Waals surface area (Å²) >= 11 is 0. The highest BCUT2D eigenvalue weighted by Gasteiger charge is 2.27. The highest BCUT2D eigenvalue weighted by Crippen LogP contribution is 2.19. The Hall–Kier alpha value is -2.75. The van der Waals surface area contributed by atoms with Crippen molar-refractivity contribution in [2.45, 2.75) is 11.4 Å². The average molecular weight is 364 g/mol. The number of aromatic carboxylic acids is 1. The molecule has 9 heteroatoms. The highest BCUT2D eigenvalue weighted by atomic mass is 32.2. The fourth-order valence-electron chi connectivity index (χ4n) is 2.13. The van der Waals surface area contributed by atoms with Crippen LogP contribution in [-0.2, 0) is 21.4 Å². The fourth-order valence-corrected chi connectivity index (χ4v) is 3.51. The van der Waals surface area contributed by atoms with Crippen LogP contribution in [0.15, 0.2) is 59.5 Å². The van der Waals surface area contributed by atoms with Gasteiger partial charge in [-0.05, 0) is 29.8 Å². The maximum absolute atomic E-state index is 12.8. The zero-order valence-electron chi connectivity index (χ0n) is 13.0. The molecule has 0 aliphatic rings. The van der Waals surface area contributed by atoms with Crippen LogP contribution in [-0.4, -0.2) is 41.5 Å². The number of carbonyl (C=O) groups is 2. The fraction of sp³-hybridized carbons (Fsp3) is 0.125. The van der Waals surface area contributed by atoms with Crippen LogP contribution in [0, 0.1) is 0 Å². The Morgan fingerprint density at radius 2 is 1.60 bits per heavy atom. The molecule has 0 fully saturated rings. The van der Waals surface area contributed by atoms with Crippen LogP contribution < -0.4 is 5.48 Å². The van der Waals surface area contributed by atoms with E-state index in [2.05, 4.69) is 0 Å². The summed E-state index contributed by atoms with van der Waals surface area (Å²) in [5.41, 5.74) is 2.00. The van der Waals surface area contributed by atoms with Crippen molar-refractivity contribution in [1.82, 2.24) is 9.79 Å². The van der Waals surface area contributed by atoms with E-state index in [9.17, 15) is 18.0 Å². The number of nitrogens with zero attached hydrogens (tertiary/aromatic N) is 1. The lowest BCUT2D eigenvalue weighted by Crippen LogP contribution is -2.39. The molecule has 2 aromatic carbocycles. The Kier molecular flexibility index (Phi) is 5.86. The molecular weight excluding hydrogens is 348 g/mol. The third kappa shape index (κ3) is 4.63. The standard InChI is InChI=1S/C16H16N2O6S/c19-15(17-22)11-18(10-12-4-2-1-3-5-12)25(23,24)14-8-6-13(7-9-14)16(20)21/h1-9,22H,10-11H2,(H,17,19)(H,20,21). The summed E-state index contributed by atoms with van der Waals surface area (Å²) in [6.45, 7) is -0.675. The van der Waals surface area contributed by atoms with Crippen LogP contribution in [0.2, 0.25) is 0 Å². The molecule has 0 unspecified atom stereocenters. The van der Waals surface area contributed by atoms with Crippen molar-refractivity contribution in [1.29, 1.82) is 0 Å². The van der Waals surface area contributed by atoms with Gasteiger partial charge in [0.25, 0.3) is 5.91 Å². The van der Waals surface area contributed by atoms with Crippen LogP contribution in [0.3, 0.4) is 0 Å². The van der Waals surface area contributed by atoms with Crippen LogP contribution in [0.5, 0.6) is 0 Å². The molecule has 0 aromatic heterocycles. The van der Waals surface area contributed by atoms with E-state index < -0.39 is 28.4 Å². The number of carboxylic acids is 1. The first-order valence-electron chi connectivity index (χ1n) is 7.15. The van der Waals surface area contributed by atoms with Gasteiger partial charge < -0.3 is 5.11 Å². The SMILES string of the molecule is O=C(CN(Cc1ccccc1)S(=O)(=O)c1ccc(C(=O)O)cc1)NO. The first-order chi connectivity index (χ1) is 11.8. The number of hydrogen-bond donors (Lipinski definition) is 3. The van der Waals surface area contributed by atoms with Gasteiger partial charge in [0.2, 0.25) is 10.0 Å². The topological polar surface area (TPSA) is 124 Å². The van der Waals surface area contributed by atoms with Gasteiger partial charge in [0.15, 0.2) is 0 Å². The zero-order chi connectivity index (χ0) is 18.4. The Balaban J connectivity index is 2.36. The van der Waals surface area contributed by atoms with E-state index in [0.29, 0.717) is 5.56 Å². The normalized spacial score (nSPS) is 11.3. The van der Waals surface area contributed by atoms with Crippen molar-refractivity contribution < 1.29 is 28.3 Å². The molecule has 2 rings (SSSR count). The second-order valence-corrected chi connectivity index (χ2v) is 7.06. The van der Waals surface area contributed by atoms with Crippen molar-refractivity contribution in [2.24, 2.45) is 0 Å². The van der Waals surface area contributed by atoms with Gasteiger partial charge in [0.1, 0.15) is 0 Å². The van der Waals surface area contributed by atoms with Crippen molar-refractivity contribution >= 4 is 21.9 Å². The van der Waals surface area contributed by atoms with Crippen LogP contribution in [0.4, 0.5) is 0 Å². The van der Waals surface area contributed by atoms with Gasteiger partial charge in [0, 0.05) is 6.54 Å². The molecule has 25 heavy (non-hydrogen) atoms. The van der Waals surface area contributed by atoms with Gasteiger partial charge in [0.05, 0.1) is 17.0 Å². The van der Waals surface area contributed by atoms with Gasteiger partial charge in [-0.25, -0.2) is 18.7 Å². The summed E-state index contributed by atoms with van der Waals surface area (Å²) in [5.74, 6) is -2.06. The lowest BCUT2D eigenvalue weighted by molar-refractivity contribution is -0.129. The van der Waals surface area contributed by atoms with Crippen LogP contribution >= 0.6 is 0 Å². The van der Waals surface area contributed by atoms with E-state index in [1.54, 1.807) is 30.3 Å². The monoisotopic (exact) mass is 364 g/mol. The number of benzene rings is 2. The largest absolute Gasteiger partial charge is 0.478 e. The number of amides is 1. The minimum Gasteiger partial charge on any atom is -0.478 e. The summed E-state index contributed by atoms with van der Waals surface area (Å²) in [6, 6.07) is 13.3. The molecule has 1 amide bonds. The highest BCUT2D eigenvalue weighted by molar-refractivity contribution is 7.89. The van der Waals surface area contributed by atoms with E-state index in [1.165, 1.54) is 17.6 Å². The Labute approximate surface area is 144 Å². The molecule has 0 bridgehead atoms. The van der Waals surface area contributed by atoms with Gasteiger partial charge in [-0.2, -0.15) is 4.31 Å². The Morgan fingerprint density at radius 3 is 2.12 bits per heavy atom. The summed E-state index contributed by atoms with van der Waals surface area (Å²) in [4.78, 5) is 22.2. The number of carbonyl (C=O) groups excluding carboxylic acids is 1. The molecule has 0 radical (unpaired) electrons. The predicted octanol–water partition coefficient (Wildman–Crippen LogP) is 1.08. The van der Waals surface area contributed by atoms with Gasteiger partial charge in [-0.1, -0.05) is 30.3 Å². The molecule has 2 aromatic rings. The minimum atomic E-state index is -4.08. The molecule has 0 heterocycles. The molecule has 0 spiro atoms. The second kappa shape index (κ2) is 7.88. The Morgan fingerprint density at radius 1 is 1.00 bits per heavy atom. The van der Waals surface area contributed by atoms with Gasteiger partial charge >= 0.3 is 5.97 Å². The summed E-state index contributed by atoms with van der Waals surface area (Å²) in [6.07, 6.45) is 0. The molecule has 0 saturated carbocycles. The first-order valence-corrected chi connectivity index (χ1v) is 8.59. The van der Waals surface area contributed by atoms with Gasteiger partial charge in [-0.15, -0.1) is 0 Å². The minimum absolute atomic E-state index is 0.0540. The number of hydrogen-bond acceptors (Lipinski definition) is 5. The molecule has 132 valence electrons. The number of hydroxylamine groups is 1. The van der Waals surface area contributed by atoms with E-state index in [4.69, 9.17) is 10.3 Å². The average Bonchev–Trinajstić information content (AvgIpc) is 2.62. The molecule has 0 atom stereocenters. The van der Waals surface area contributed by atoms with Crippen molar-refractivity contribution in [3.05, 3.63) is 65.7 Å². The number of nitrogens with one attached hydrogen (secondary N) is 1. The third-order valence-corrected chi connectivity index (χ3v) is 5.19. The molecule has 8 nitrogen and oxygen atoms in total. The molecule has 0 aliphatic heterocycles. The smallest absolute Gasteiger partial charge is 0.335 e. The number of rotatable bonds is 7. The van der Waals surface area contributed by atoms with E-state index in [0.717, 1.165) is 16.4 Å². The van der Waals surface area contributed by atoms with Gasteiger partial charge in [-0.3, -0.25) is 10.0 Å². The van der Waals surface area contributed by atoms with Crippen molar-refractivity contribution in [3.63, 3.8) is 0 Å². The zero-order valence-corrected chi connectivity index (χ0v) is 13.8. The molecule has 0 saturated heterocycles. The summed E-state index contributed by atoms with van der Waals surface area (Å²) in [7, 11) is -4.08. The van der Waals surface area contributed by atoms with Crippen LogP contribution in [0.1, 0.15) is 15.9 Å². The lowest BCUT2D eigenvalue weighted by Gasteiger charge is -2.21. The summed E-state index contributed by atoms with van der Waals surface area (Å²) < 4.78 is 26.5. The lowest BCUT2D eigenvalue weighted by atomic mass is 10.2. The quantitative estimate of drug-likeness (QED) is 0.499. The van der Waals surface area contributed by atoms with Crippen molar-refractivity contribution in [2.75, 3.05) is 6.54 Å². The second-order valence-electron chi connectivity index (χ2n) is 5.12. The summed E-state index contributed by atoms with van der Waals surface area (Å²) in [5, 5.41) is 17.6. The third-order valence-electron chi connectivity index (χ3n) is 3.39. The number of carboxylic acid groups (broad SMARTS) is 1. The molecule has 3 N–H and O–H groups in total. The van der Waals surface area contributed by atoms with E-state index in [-0.39, 0.29) is 17.0 Å². The van der Waals surface area contributed by atoms with Crippen molar-refractivity contribution in [3.8, 4) is 0 Å².